The van der Waals surface area contributed by atoms with Gasteiger partial charge in [0.15, 0.2) is 5.65 Å². The number of aromatic nitrogens is 3. The first-order valence-electron chi connectivity index (χ1n) is 8.50. The average Bonchev–Trinajstić information content (AvgIpc) is 2.95. The van der Waals surface area contributed by atoms with Crippen LogP contribution in [0.2, 0.25) is 0 Å². The maximum absolute atomic E-state index is 12.6. The van der Waals surface area contributed by atoms with Gasteiger partial charge in [0.25, 0.3) is 5.91 Å². The Balaban J connectivity index is 1.59. The quantitative estimate of drug-likeness (QED) is 0.784. The molecule has 26 heavy (non-hydrogen) atoms. The molecular formula is C19H19N5O2. The summed E-state index contributed by atoms with van der Waals surface area (Å²) in [5.41, 5.74) is 3.76. The summed E-state index contributed by atoms with van der Waals surface area (Å²) in [7, 11) is 1.79. The predicted molar refractivity (Wildman–Crippen MR) is 98.0 cm³/mol. The molecule has 0 radical (unpaired) electrons. The molecule has 0 bridgehead atoms. The van der Waals surface area contributed by atoms with Crippen molar-refractivity contribution in [1.29, 1.82) is 0 Å². The molecule has 132 valence electrons. The van der Waals surface area contributed by atoms with E-state index in [9.17, 15) is 9.59 Å². The van der Waals surface area contributed by atoms with Gasteiger partial charge < -0.3 is 10.2 Å². The summed E-state index contributed by atoms with van der Waals surface area (Å²) in [5, 5.41) is 8.28. The van der Waals surface area contributed by atoms with E-state index in [0.717, 1.165) is 23.1 Å². The minimum absolute atomic E-state index is 0.0137. The van der Waals surface area contributed by atoms with Crippen molar-refractivity contribution in [3.05, 3.63) is 53.3 Å². The highest BCUT2D eigenvalue weighted by molar-refractivity contribution is 6.00. The number of hydrogen-bond donors (Lipinski definition) is 1. The number of carbonyl (C=O) groups is 2. The lowest BCUT2D eigenvalue weighted by molar-refractivity contribution is -0.116. The number of benzene rings is 1. The first-order valence-corrected chi connectivity index (χ1v) is 8.50. The van der Waals surface area contributed by atoms with Crippen molar-refractivity contribution in [2.24, 2.45) is 0 Å². The summed E-state index contributed by atoms with van der Waals surface area (Å²) in [6, 6.07) is 9.22. The Kier molecular flexibility index (Phi) is 3.91. The van der Waals surface area contributed by atoms with Crippen molar-refractivity contribution in [3.8, 4) is 0 Å². The fourth-order valence-electron chi connectivity index (χ4n) is 3.36. The van der Waals surface area contributed by atoms with E-state index >= 15 is 0 Å². The summed E-state index contributed by atoms with van der Waals surface area (Å²) in [6.45, 7) is 2.61. The Bertz CT molecular complexity index is 1020. The zero-order valence-electron chi connectivity index (χ0n) is 14.7. The van der Waals surface area contributed by atoms with E-state index in [0.29, 0.717) is 23.4 Å². The number of pyridine rings is 1. The van der Waals surface area contributed by atoms with Crippen LogP contribution in [0.25, 0.3) is 11.0 Å². The number of aryl methyl sites for hydroxylation is 1. The third-order valence-electron chi connectivity index (χ3n) is 4.71. The van der Waals surface area contributed by atoms with Crippen molar-refractivity contribution in [2.75, 3.05) is 18.9 Å². The Labute approximate surface area is 150 Å². The second-order valence-corrected chi connectivity index (χ2v) is 6.47. The highest BCUT2D eigenvalue weighted by atomic mass is 16.2. The molecule has 1 N–H and O–H groups in total. The largest absolute Gasteiger partial charge is 0.341 e. The van der Waals surface area contributed by atoms with Crippen molar-refractivity contribution in [3.63, 3.8) is 0 Å². The number of rotatable bonds is 3. The van der Waals surface area contributed by atoms with Crippen LogP contribution < -0.4 is 5.32 Å². The van der Waals surface area contributed by atoms with Gasteiger partial charge in [-0.1, -0.05) is 6.07 Å². The lowest BCUT2D eigenvalue weighted by Crippen LogP contribution is -2.34. The van der Waals surface area contributed by atoms with E-state index in [4.69, 9.17) is 0 Å². The van der Waals surface area contributed by atoms with Crippen LogP contribution in [-0.2, 0) is 17.8 Å². The molecule has 3 heterocycles. The molecule has 0 saturated carbocycles. The summed E-state index contributed by atoms with van der Waals surface area (Å²) in [5.74, 6) is -0.208. The molecule has 3 aromatic rings. The highest BCUT2D eigenvalue weighted by Gasteiger charge is 2.24. The molecule has 0 saturated heterocycles. The number of anilines is 1. The Hall–Kier alpha value is -3.22. The Morgan fingerprint density at radius 1 is 1.27 bits per heavy atom. The van der Waals surface area contributed by atoms with Crippen LogP contribution >= 0.6 is 0 Å². The third kappa shape index (κ3) is 2.71. The molecule has 2 amide bonds. The third-order valence-corrected chi connectivity index (χ3v) is 4.71. The van der Waals surface area contributed by atoms with Gasteiger partial charge in [0.05, 0.1) is 5.69 Å². The first-order chi connectivity index (χ1) is 12.5. The zero-order chi connectivity index (χ0) is 18.3. The van der Waals surface area contributed by atoms with Crippen LogP contribution in [0.1, 0.15) is 21.6 Å². The van der Waals surface area contributed by atoms with Crippen LogP contribution in [0.3, 0.4) is 0 Å². The SMILES string of the molecule is Cc1nn(CC(=O)Nc2cccc3c2CCN(C)C3=O)c2ncccc12. The molecule has 7 heteroatoms. The van der Waals surface area contributed by atoms with Gasteiger partial charge in [-0.05, 0) is 43.2 Å². The monoisotopic (exact) mass is 349 g/mol. The number of fused-ring (bicyclic) bond motifs is 2. The fourth-order valence-corrected chi connectivity index (χ4v) is 3.36. The molecule has 7 nitrogen and oxygen atoms in total. The van der Waals surface area contributed by atoms with Gasteiger partial charge >= 0.3 is 0 Å². The lowest BCUT2D eigenvalue weighted by atomic mass is 9.97. The molecule has 4 rings (SSSR count). The van der Waals surface area contributed by atoms with E-state index in [1.54, 1.807) is 35.0 Å². The van der Waals surface area contributed by atoms with Gasteiger partial charge in [0.1, 0.15) is 6.54 Å². The van der Waals surface area contributed by atoms with Crippen molar-refractivity contribution < 1.29 is 9.59 Å². The molecule has 0 spiro atoms. The summed E-state index contributed by atoms with van der Waals surface area (Å²) in [4.78, 5) is 30.9. The van der Waals surface area contributed by atoms with Gasteiger partial charge in [0, 0.05) is 36.4 Å². The normalized spacial score (nSPS) is 13.8. The Morgan fingerprint density at radius 3 is 2.96 bits per heavy atom. The summed E-state index contributed by atoms with van der Waals surface area (Å²) in [6.07, 6.45) is 2.41. The first kappa shape index (κ1) is 16.3. The van der Waals surface area contributed by atoms with Gasteiger partial charge in [-0.15, -0.1) is 0 Å². The van der Waals surface area contributed by atoms with E-state index < -0.39 is 0 Å². The van der Waals surface area contributed by atoms with Crippen molar-refractivity contribution in [2.45, 2.75) is 19.9 Å². The van der Waals surface area contributed by atoms with E-state index in [1.165, 1.54) is 0 Å². The zero-order valence-corrected chi connectivity index (χ0v) is 14.7. The van der Waals surface area contributed by atoms with Crippen LogP contribution in [0.5, 0.6) is 0 Å². The predicted octanol–water partition coefficient (Wildman–Crippen LogP) is 2.01. The molecule has 2 aromatic heterocycles. The number of nitrogens with one attached hydrogen (secondary N) is 1. The number of carbonyl (C=O) groups excluding carboxylic acids is 2. The van der Waals surface area contributed by atoms with Gasteiger partial charge in [-0.25, -0.2) is 9.67 Å². The van der Waals surface area contributed by atoms with E-state index in [2.05, 4.69) is 15.4 Å². The number of nitrogens with zero attached hydrogens (tertiary/aromatic N) is 4. The standard InChI is InChI=1S/C19H19N5O2/c1-12-13-6-4-9-20-18(13)24(22-12)11-17(25)21-16-7-3-5-15-14(16)8-10-23(2)19(15)26/h3-7,9H,8,10-11H2,1-2H3,(H,21,25). The second-order valence-electron chi connectivity index (χ2n) is 6.47. The number of hydrogen-bond acceptors (Lipinski definition) is 4. The summed E-state index contributed by atoms with van der Waals surface area (Å²) < 4.78 is 1.61. The van der Waals surface area contributed by atoms with E-state index in [-0.39, 0.29) is 18.4 Å². The average molecular weight is 349 g/mol. The van der Waals surface area contributed by atoms with Crippen LogP contribution in [0.4, 0.5) is 5.69 Å². The minimum atomic E-state index is -0.195. The number of likely N-dealkylation sites (N-methyl/N-ethyl adjacent to an activating group) is 1. The van der Waals surface area contributed by atoms with Gasteiger partial charge in [-0.2, -0.15) is 5.10 Å². The summed E-state index contributed by atoms with van der Waals surface area (Å²) >= 11 is 0. The molecule has 0 fully saturated rings. The lowest BCUT2D eigenvalue weighted by Gasteiger charge is -2.26. The smallest absolute Gasteiger partial charge is 0.253 e. The number of amides is 2. The molecule has 1 aliphatic rings. The van der Waals surface area contributed by atoms with Crippen LogP contribution in [-0.4, -0.2) is 45.1 Å². The Morgan fingerprint density at radius 2 is 2.12 bits per heavy atom. The maximum atomic E-state index is 12.6. The van der Waals surface area contributed by atoms with Gasteiger partial charge in [0.2, 0.25) is 5.91 Å². The van der Waals surface area contributed by atoms with E-state index in [1.807, 2.05) is 25.1 Å². The van der Waals surface area contributed by atoms with Crippen molar-refractivity contribution in [1.82, 2.24) is 19.7 Å². The fraction of sp³-hybridized carbons (Fsp3) is 0.263. The van der Waals surface area contributed by atoms with Crippen molar-refractivity contribution >= 4 is 28.5 Å². The molecule has 0 aliphatic carbocycles. The molecule has 1 aromatic carbocycles. The topological polar surface area (TPSA) is 80.1 Å². The van der Waals surface area contributed by atoms with Gasteiger partial charge in [-0.3, -0.25) is 9.59 Å². The molecule has 0 unspecified atom stereocenters. The molecular weight excluding hydrogens is 330 g/mol. The highest BCUT2D eigenvalue weighted by Crippen LogP contribution is 2.25. The second kappa shape index (κ2) is 6.25. The van der Waals surface area contributed by atoms with Crippen LogP contribution in [0, 0.1) is 6.92 Å². The molecule has 1 aliphatic heterocycles. The molecule has 0 atom stereocenters. The van der Waals surface area contributed by atoms with Crippen LogP contribution in [0.15, 0.2) is 36.5 Å². The maximum Gasteiger partial charge on any atom is 0.253 e. The minimum Gasteiger partial charge on any atom is -0.341 e.